The summed E-state index contributed by atoms with van der Waals surface area (Å²) in [6.07, 6.45) is -0.807. The normalized spacial score (nSPS) is 18.4. The average molecular weight is 506 g/mol. The molecule has 1 amide bonds. The van der Waals surface area contributed by atoms with Crippen LogP contribution in [-0.4, -0.2) is 78.0 Å². The molecule has 0 bridgehead atoms. The first-order chi connectivity index (χ1) is 17.3. The molecule has 1 N–H and O–H groups in total. The Morgan fingerprint density at radius 2 is 1.97 bits per heavy atom. The van der Waals surface area contributed by atoms with Gasteiger partial charge in [0.05, 0.1) is 43.1 Å². The largest absolute Gasteiger partial charge is 0.423 e. The zero-order valence-corrected chi connectivity index (χ0v) is 19.5. The summed E-state index contributed by atoms with van der Waals surface area (Å²) in [7, 11) is 0. The van der Waals surface area contributed by atoms with Gasteiger partial charge in [-0.25, -0.2) is 10.1 Å². The van der Waals surface area contributed by atoms with Gasteiger partial charge in [-0.2, -0.15) is 23.5 Å². The van der Waals surface area contributed by atoms with Crippen LogP contribution in [0.25, 0.3) is 0 Å². The number of amides is 1. The lowest BCUT2D eigenvalue weighted by atomic mass is 10.2. The molecule has 0 spiro atoms. The minimum atomic E-state index is -4.80. The second-order valence-corrected chi connectivity index (χ2v) is 8.66. The molecular formula is C23H26F3N7O3. The van der Waals surface area contributed by atoms with E-state index in [1.807, 2.05) is 11.2 Å². The smallest absolute Gasteiger partial charge is 0.379 e. The number of H-pyrrole nitrogens is 1. The molecule has 2 aliphatic rings. The molecule has 0 radical (unpaired) electrons. The molecule has 2 aliphatic heterocycles. The van der Waals surface area contributed by atoms with Gasteiger partial charge in [0.2, 0.25) is 5.91 Å². The van der Waals surface area contributed by atoms with E-state index in [-0.39, 0.29) is 37.3 Å². The summed E-state index contributed by atoms with van der Waals surface area (Å²) < 4.78 is 46.0. The molecule has 1 atom stereocenters. The first kappa shape index (κ1) is 25.4. The number of halogens is 3. The summed E-state index contributed by atoms with van der Waals surface area (Å²) in [5.74, 6) is 0.707. The van der Waals surface area contributed by atoms with Crippen LogP contribution in [0.3, 0.4) is 0 Å². The van der Waals surface area contributed by atoms with E-state index in [9.17, 15) is 22.8 Å². The number of hydrogen-bond acceptors (Lipinski definition) is 8. The van der Waals surface area contributed by atoms with Gasteiger partial charge in [0, 0.05) is 38.9 Å². The zero-order valence-electron chi connectivity index (χ0n) is 19.5. The number of carbonyl (C=O) groups is 1. The molecule has 4 heterocycles. The Hall–Kier alpha value is -3.66. The second-order valence-electron chi connectivity index (χ2n) is 8.66. The number of nitriles is 1. The fourth-order valence-corrected chi connectivity index (χ4v) is 4.57. The minimum Gasteiger partial charge on any atom is -0.379 e. The van der Waals surface area contributed by atoms with Gasteiger partial charge in [0.15, 0.2) is 0 Å². The third-order valence-electron chi connectivity index (χ3n) is 6.41. The van der Waals surface area contributed by atoms with Crippen molar-refractivity contribution in [2.75, 3.05) is 55.7 Å². The number of piperazine rings is 1. The van der Waals surface area contributed by atoms with Gasteiger partial charge in [0.25, 0.3) is 5.56 Å². The molecular weight excluding hydrogens is 479 g/mol. The van der Waals surface area contributed by atoms with Crippen LogP contribution in [0.15, 0.2) is 29.3 Å². The highest BCUT2D eigenvalue weighted by molar-refractivity contribution is 5.76. The Kier molecular flexibility index (Phi) is 7.73. The van der Waals surface area contributed by atoms with Crippen molar-refractivity contribution in [3.63, 3.8) is 0 Å². The second kappa shape index (κ2) is 10.9. The standard InChI is InChI=1S/C23H26F3N7O3/c24-23(25,26)21-18(14-29-30-22(21)35)33-6-1-2-17(33)15-36-11-5-20(34)32-9-7-31(8-10-32)19-4-3-16(12-27)13-28-19/h3-4,13-14,17H,1-2,5-11,15H2,(H,30,35)/t17-/m0/s1. The number of rotatable bonds is 7. The maximum atomic E-state index is 13.4. The Bertz CT molecular complexity index is 1160. The molecule has 0 aromatic carbocycles. The minimum absolute atomic E-state index is 0.0520. The van der Waals surface area contributed by atoms with Crippen molar-refractivity contribution in [2.24, 2.45) is 0 Å². The van der Waals surface area contributed by atoms with Crippen LogP contribution in [0, 0.1) is 11.3 Å². The lowest BCUT2D eigenvalue weighted by Gasteiger charge is -2.35. The highest BCUT2D eigenvalue weighted by Crippen LogP contribution is 2.36. The van der Waals surface area contributed by atoms with E-state index in [4.69, 9.17) is 10.00 Å². The number of nitrogens with one attached hydrogen (secondary N) is 1. The van der Waals surface area contributed by atoms with Gasteiger partial charge in [-0.3, -0.25) is 9.59 Å². The van der Waals surface area contributed by atoms with E-state index < -0.39 is 17.3 Å². The van der Waals surface area contributed by atoms with Gasteiger partial charge < -0.3 is 19.4 Å². The fraction of sp³-hybridized carbons (Fsp3) is 0.522. The summed E-state index contributed by atoms with van der Waals surface area (Å²) in [6.45, 7) is 2.97. The van der Waals surface area contributed by atoms with Crippen molar-refractivity contribution in [3.8, 4) is 6.07 Å². The molecule has 2 aromatic rings. The van der Waals surface area contributed by atoms with Gasteiger partial charge in [0.1, 0.15) is 17.5 Å². The number of hydrogen-bond donors (Lipinski definition) is 1. The van der Waals surface area contributed by atoms with Crippen molar-refractivity contribution >= 4 is 17.4 Å². The van der Waals surface area contributed by atoms with Crippen LogP contribution >= 0.6 is 0 Å². The number of aromatic amines is 1. The van der Waals surface area contributed by atoms with Crippen LogP contribution < -0.4 is 15.4 Å². The Morgan fingerprint density at radius 1 is 1.19 bits per heavy atom. The molecule has 0 aliphatic carbocycles. The number of carbonyl (C=O) groups excluding carboxylic acids is 1. The predicted molar refractivity (Wildman–Crippen MR) is 123 cm³/mol. The maximum Gasteiger partial charge on any atom is 0.423 e. The first-order valence-electron chi connectivity index (χ1n) is 11.7. The van der Waals surface area contributed by atoms with Crippen LogP contribution in [0.2, 0.25) is 0 Å². The number of alkyl halides is 3. The Balaban J connectivity index is 1.24. The van der Waals surface area contributed by atoms with Gasteiger partial charge in [-0.1, -0.05) is 0 Å². The van der Waals surface area contributed by atoms with E-state index in [1.54, 1.807) is 17.0 Å². The summed E-state index contributed by atoms with van der Waals surface area (Å²) in [5, 5.41) is 14.3. The SMILES string of the molecule is N#Cc1ccc(N2CCN(C(=O)CCOC[C@@H]3CCCN3c3cn[nH]c(=O)c3C(F)(F)F)CC2)nc1. The van der Waals surface area contributed by atoms with Crippen molar-refractivity contribution < 1.29 is 22.7 Å². The molecule has 2 fully saturated rings. The van der Waals surface area contributed by atoms with Crippen molar-refractivity contribution in [2.45, 2.75) is 31.5 Å². The zero-order chi connectivity index (χ0) is 25.7. The van der Waals surface area contributed by atoms with E-state index in [0.717, 1.165) is 12.0 Å². The molecule has 13 heteroatoms. The number of nitrogens with zero attached hydrogens (tertiary/aromatic N) is 6. The molecule has 36 heavy (non-hydrogen) atoms. The van der Waals surface area contributed by atoms with Crippen molar-refractivity contribution in [1.82, 2.24) is 20.1 Å². The summed E-state index contributed by atoms with van der Waals surface area (Å²) >= 11 is 0. The van der Waals surface area contributed by atoms with E-state index in [2.05, 4.69) is 15.0 Å². The van der Waals surface area contributed by atoms with Gasteiger partial charge >= 0.3 is 6.18 Å². The van der Waals surface area contributed by atoms with Crippen LogP contribution in [0.4, 0.5) is 24.7 Å². The topological polar surface area (TPSA) is 118 Å². The van der Waals surface area contributed by atoms with E-state index in [0.29, 0.717) is 51.1 Å². The molecule has 192 valence electrons. The number of aromatic nitrogens is 3. The number of anilines is 2. The monoisotopic (exact) mass is 505 g/mol. The highest BCUT2D eigenvalue weighted by atomic mass is 19.4. The summed E-state index contributed by atoms with van der Waals surface area (Å²) in [5.41, 5.74) is -2.28. The summed E-state index contributed by atoms with van der Waals surface area (Å²) in [6, 6.07) is 5.19. The van der Waals surface area contributed by atoms with Gasteiger partial charge in [-0.05, 0) is 25.0 Å². The summed E-state index contributed by atoms with van der Waals surface area (Å²) in [4.78, 5) is 34.0. The van der Waals surface area contributed by atoms with Crippen LogP contribution in [0.5, 0.6) is 0 Å². The van der Waals surface area contributed by atoms with Crippen molar-refractivity contribution in [1.29, 1.82) is 5.26 Å². The Labute approximate surface area is 205 Å². The maximum absolute atomic E-state index is 13.4. The van der Waals surface area contributed by atoms with Crippen molar-refractivity contribution in [3.05, 3.63) is 46.0 Å². The first-order valence-corrected chi connectivity index (χ1v) is 11.7. The average Bonchev–Trinajstić information content (AvgIpc) is 3.34. The number of ether oxygens (including phenoxy) is 1. The third kappa shape index (κ3) is 5.76. The molecule has 0 unspecified atom stereocenters. The third-order valence-corrected chi connectivity index (χ3v) is 6.41. The lowest BCUT2D eigenvalue weighted by Crippen LogP contribution is -2.49. The van der Waals surface area contributed by atoms with Crippen LogP contribution in [-0.2, 0) is 15.7 Å². The highest BCUT2D eigenvalue weighted by Gasteiger charge is 2.40. The molecule has 0 saturated carbocycles. The quantitative estimate of drug-likeness (QED) is 0.566. The lowest BCUT2D eigenvalue weighted by molar-refractivity contribution is -0.138. The van der Waals surface area contributed by atoms with E-state index >= 15 is 0 Å². The van der Waals surface area contributed by atoms with Gasteiger partial charge in [-0.15, -0.1) is 0 Å². The number of pyridine rings is 1. The fourth-order valence-electron chi connectivity index (χ4n) is 4.57. The molecule has 2 saturated heterocycles. The Morgan fingerprint density at radius 3 is 2.64 bits per heavy atom. The molecule has 2 aromatic heterocycles. The molecule has 4 rings (SSSR count). The predicted octanol–water partition coefficient (Wildman–Crippen LogP) is 1.78. The van der Waals surface area contributed by atoms with Crippen LogP contribution in [0.1, 0.15) is 30.4 Å². The molecule has 10 nitrogen and oxygen atoms in total. The van der Waals surface area contributed by atoms with E-state index in [1.165, 1.54) is 11.1 Å².